The number of anilines is 1. The number of rotatable bonds is 5. The van der Waals surface area contributed by atoms with Crippen LogP contribution < -0.4 is 4.90 Å². The summed E-state index contributed by atoms with van der Waals surface area (Å²) in [5.41, 5.74) is 0.386. The maximum atomic E-state index is 13.3. The summed E-state index contributed by atoms with van der Waals surface area (Å²) >= 11 is 0. The molecule has 7 nitrogen and oxygen atoms in total. The second-order valence-electron chi connectivity index (χ2n) is 5.86. The van der Waals surface area contributed by atoms with E-state index in [0.29, 0.717) is 12.1 Å². The molecule has 0 aliphatic heterocycles. The monoisotopic (exact) mass is 365 g/mol. The molecule has 0 radical (unpaired) electrons. The van der Waals surface area contributed by atoms with E-state index < -0.39 is 11.9 Å². The summed E-state index contributed by atoms with van der Waals surface area (Å²) in [4.78, 5) is 9.51. The third-order valence-electron chi connectivity index (χ3n) is 3.77. The third kappa shape index (κ3) is 3.84. The van der Waals surface area contributed by atoms with E-state index in [1.54, 1.807) is 25.0 Å². The highest BCUT2D eigenvalue weighted by Crippen LogP contribution is 2.31. The molecule has 0 atom stereocenters. The number of halogens is 3. The highest BCUT2D eigenvalue weighted by molar-refractivity contribution is 5.59. The largest absolute Gasteiger partial charge is 0.433 e. The Morgan fingerprint density at radius 1 is 1.23 bits per heavy atom. The fraction of sp³-hybridized carbons (Fsp3) is 0.375. The van der Waals surface area contributed by atoms with Crippen LogP contribution >= 0.6 is 0 Å². The van der Waals surface area contributed by atoms with Crippen LogP contribution in [0.5, 0.6) is 0 Å². The lowest BCUT2D eigenvalue weighted by atomic mass is 10.2. The van der Waals surface area contributed by atoms with E-state index >= 15 is 0 Å². The second-order valence-corrected chi connectivity index (χ2v) is 5.86. The van der Waals surface area contributed by atoms with Crippen LogP contribution in [0.3, 0.4) is 0 Å². The molecule has 3 aromatic rings. The number of hydrogen-bond acceptors (Lipinski definition) is 5. The molecule has 0 N–H and O–H groups in total. The van der Waals surface area contributed by atoms with Crippen molar-refractivity contribution < 1.29 is 13.2 Å². The number of alkyl halides is 3. The fourth-order valence-corrected chi connectivity index (χ4v) is 2.43. The normalized spacial score (nSPS) is 11.8. The second kappa shape index (κ2) is 6.77. The summed E-state index contributed by atoms with van der Waals surface area (Å²) in [5, 5.41) is 8.32. The predicted octanol–water partition coefficient (Wildman–Crippen LogP) is 2.75. The molecule has 138 valence electrons. The molecule has 0 aliphatic carbocycles. The first kappa shape index (κ1) is 17.9. The molecule has 0 aliphatic rings. The molecule has 3 heterocycles. The SMILES string of the molecule is CCn1ccc(CN(C)c2nc(-c3cnn(C)c3)cc(C(F)(F)F)n2)n1. The van der Waals surface area contributed by atoms with Gasteiger partial charge in [0.25, 0.3) is 0 Å². The van der Waals surface area contributed by atoms with Gasteiger partial charge in [-0.05, 0) is 19.1 Å². The maximum Gasteiger partial charge on any atom is 0.433 e. The summed E-state index contributed by atoms with van der Waals surface area (Å²) in [5.74, 6) is -0.0234. The highest BCUT2D eigenvalue weighted by Gasteiger charge is 2.34. The van der Waals surface area contributed by atoms with Crippen molar-refractivity contribution in [1.29, 1.82) is 0 Å². The Hall–Kier alpha value is -2.91. The Morgan fingerprint density at radius 3 is 2.58 bits per heavy atom. The number of nitrogens with zero attached hydrogens (tertiary/aromatic N) is 7. The summed E-state index contributed by atoms with van der Waals surface area (Å²) in [6.45, 7) is 2.96. The van der Waals surface area contributed by atoms with Gasteiger partial charge in [0.2, 0.25) is 5.95 Å². The Balaban J connectivity index is 1.96. The van der Waals surface area contributed by atoms with Gasteiger partial charge < -0.3 is 4.90 Å². The van der Waals surface area contributed by atoms with Crippen LogP contribution in [0.2, 0.25) is 0 Å². The number of aryl methyl sites for hydroxylation is 2. The van der Waals surface area contributed by atoms with Gasteiger partial charge in [-0.1, -0.05) is 0 Å². The van der Waals surface area contributed by atoms with Crippen molar-refractivity contribution in [2.45, 2.75) is 26.2 Å². The van der Waals surface area contributed by atoms with Crippen molar-refractivity contribution in [3.63, 3.8) is 0 Å². The van der Waals surface area contributed by atoms with Crippen molar-refractivity contribution in [3.8, 4) is 11.3 Å². The van der Waals surface area contributed by atoms with E-state index in [2.05, 4.69) is 20.2 Å². The summed E-state index contributed by atoms with van der Waals surface area (Å²) in [7, 11) is 3.32. The topological polar surface area (TPSA) is 64.7 Å². The third-order valence-corrected chi connectivity index (χ3v) is 3.77. The van der Waals surface area contributed by atoms with E-state index in [4.69, 9.17) is 0 Å². The molecule has 0 spiro atoms. The zero-order valence-corrected chi connectivity index (χ0v) is 14.6. The van der Waals surface area contributed by atoms with Crippen LogP contribution in [-0.2, 0) is 26.3 Å². The van der Waals surface area contributed by atoms with Crippen LogP contribution in [0.25, 0.3) is 11.3 Å². The lowest BCUT2D eigenvalue weighted by Crippen LogP contribution is -2.22. The predicted molar refractivity (Wildman–Crippen MR) is 89.2 cm³/mol. The summed E-state index contributed by atoms with van der Waals surface area (Å²) in [6, 6.07) is 2.75. The van der Waals surface area contributed by atoms with Gasteiger partial charge in [0.1, 0.15) is 0 Å². The Bertz CT molecular complexity index is 897. The molecule has 0 aromatic carbocycles. The molecular weight excluding hydrogens is 347 g/mol. The number of aromatic nitrogens is 6. The van der Waals surface area contributed by atoms with E-state index in [9.17, 15) is 13.2 Å². The van der Waals surface area contributed by atoms with E-state index in [1.165, 1.54) is 15.8 Å². The van der Waals surface area contributed by atoms with Crippen molar-refractivity contribution in [2.75, 3.05) is 11.9 Å². The minimum Gasteiger partial charge on any atom is -0.338 e. The van der Waals surface area contributed by atoms with Crippen molar-refractivity contribution in [2.24, 2.45) is 7.05 Å². The molecule has 3 rings (SSSR count). The molecular formula is C16H18F3N7. The molecule has 0 saturated carbocycles. The van der Waals surface area contributed by atoms with Crippen LogP contribution in [-0.4, -0.2) is 36.6 Å². The van der Waals surface area contributed by atoms with Gasteiger partial charge >= 0.3 is 6.18 Å². The first-order valence-electron chi connectivity index (χ1n) is 7.95. The van der Waals surface area contributed by atoms with Gasteiger partial charge in [0.15, 0.2) is 5.69 Å². The lowest BCUT2D eigenvalue weighted by molar-refractivity contribution is -0.141. The Kier molecular flexibility index (Phi) is 4.66. The van der Waals surface area contributed by atoms with Gasteiger partial charge in [-0.2, -0.15) is 23.4 Å². The minimum atomic E-state index is -4.57. The van der Waals surface area contributed by atoms with Gasteiger partial charge in [-0.3, -0.25) is 9.36 Å². The molecule has 3 aromatic heterocycles. The molecule has 0 saturated heterocycles. The highest BCUT2D eigenvalue weighted by atomic mass is 19.4. The van der Waals surface area contributed by atoms with Crippen molar-refractivity contribution in [1.82, 2.24) is 29.5 Å². The van der Waals surface area contributed by atoms with Crippen LogP contribution in [0.15, 0.2) is 30.7 Å². The fourth-order valence-electron chi connectivity index (χ4n) is 2.43. The minimum absolute atomic E-state index is 0.0234. The molecule has 0 amide bonds. The first-order valence-corrected chi connectivity index (χ1v) is 7.95. The van der Waals surface area contributed by atoms with E-state index in [-0.39, 0.29) is 11.6 Å². The average molecular weight is 365 g/mol. The maximum absolute atomic E-state index is 13.3. The van der Waals surface area contributed by atoms with Crippen molar-refractivity contribution in [3.05, 3.63) is 42.1 Å². The van der Waals surface area contributed by atoms with Gasteiger partial charge in [-0.15, -0.1) is 0 Å². The van der Waals surface area contributed by atoms with Gasteiger partial charge in [-0.25, -0.2) is 9.97 Å². The smallest absolute Gasteiger partial charge is 0.338 e. The molecule has 0 bridgehead atoms. The molecule has 10 heteroatoms. The van der Waals surface area contributed by atoms with E-state index in [1.807, 2.05) is 19.2 Å². The lowest BCUT2D eigenvalue weighted by Gasteiger charge is -2.18. The molecule has 0 fully saturated rings. The van der Waals surface area contributed by atoms with Gasteiger partial charge in [0.05, 0.1) is 24.1 Å². The molecule has 26 heavy (non-hydrogen) atoms. The Morgan fingerprint density at radius 2 is 2.00 bits per heavy atom. The molecule has 0 unspecified atom stereocenters. The standard InChI is InChI=1S/C16H18F3N7/c1-4-26-6-5-12(23-26)10-24(2)15-21-13(11-8-20-25(3)9-11)7-14(22-15)16(17,18)19/h5-9H,4,10H2,1-3H3. The van der Waals surface area contributed by atoms with Crippen LogP contribution in [0.4, 0.5) is 19.1 Å². The van der Waals surface area contributed by atoms with E-state index in [0.717, 1.165) is 18.3 Å². The summed E-state index contributed by atoms with van der Waals surface area (Å²) in [6.07, 6.45) is 0.320. The Labute approximate surface area is 148 Å². The van der Waals surface area contributed by atoms with Crippen molar-refractivity contribution >= 4 is 5.95 Å². The van der Waals surface area contributed by atoms with Crippen LogP contribution in [0.1, 0.15) is 18.3 Å². The average Bonchev–Trinajstić information content (AvgIpc) is 3.22. The van der Waals surface area contributed by atoms with Gasteiger partial charge in [0, 0.05) is 38.6 Å². The number of hydrogen-bond donors (Lipinski definition) is 0. The zero-order chi connectivity index (χ0) is 18.9. The zero-order valence-electron chi connectivity index (χ0n) is 14.6. The van der Waals surface area contributed by atoms with Crippen LogP contribution in [0, 0.1) is 0 Å². The summed E-state index contributed by atoms with van der Waals surface area (Å²) < 4.78 is 43.0. The first-order chi connectivity index (χ1) is 12.3. The quantitative estimate of drug-likeness (QED) is 0.696.